The van der Waals surface area contributed by atoms with Gasteiger partial charge in [-0.25, -0.2) is 4.68 Å². The van der Waals surface area contributed by atoms with E-state index in [4.69, 9.17) is 21.1 Å². The fourth-order valence-corrected chi connectivity index (χ4v) is 2.97. The third-order valence-corrected chi connectivity index (χ3v) is 4.92. The second-order valence-electron chi connectivity index (χ2n) is 6.80. The Morgan fingerprint density at radius 2 is 2.00 bits per heavy atom. The lowest BCUT2D eigenvalue weighted by Gasteiger charge is -2.13. The molecule has 0 spiro atoms. The zero-order chi connectivity index (χ0) is 21.7. The van der Waals surface area contributed by atoms with Gasteiger partial charge in [-0.05, 0) is 48.7 Å². The van der Waals surface area contributed by atoms with Gasteiger partial charge < -0.3 is 9.47 Å². The number of hydrazone groups is 1. The van der Waals surface area contributed by atoms with Gasteiger partial charge in [0.2, 0.25) is 0 Å². The second-order valence-corrected chi connectivity index (χ2v) is 7.18. The summed E-state index contributed by atoms with van der Waals surface area (Å²) in [5, 5.41) is 8.05. The van der Waals surface area contributed by atoms with Gasteiger partial charge >= 0.3 is 0 Å². The summed E-state index contributed by atoms with van der Waals surface area (Å²) in [6, 6.07) is 11.8. The number of halogens is 1. The summed E-state index contributed by atoms with van der Waals surface area (Å²) in [6.07, 6.45) is 3.02. The molecule has 8 heteroatoms. The number of methoxy groups -OCH3 is 1. The standard InChI is InChI=1S/C22H23ClN4O3/c1-14-5-6-15(2)17(9-14)13-30-19-8-7-16(10-20(19)29-4)11-24-26-18-12-25-27(3)22(28)21(18)23/h5-12,26H,13H2,1-4H3/b24-11-. The zero-order valence-corrected chi connectivity index (χ0v) is 18.0. The first kappa shape index (κ1) is 21.4. The largest absolute Gasteiger partial charge is 0.493 e. The molecule has 0 amide bonds. The van der Waals surface area contributed by atoms with E-state index in [2.05, 4.69) is 47.7 Å². The smallest absolute Gasteiger partial charge is 0.287 e. The van der Waals surface area contributed by atoms with Crippen molar-refractivity contribution >= 4 is 23.5 Å². The van der Waals surface area contributed by atoms with Crippen LogP contribution in [0.2, 0.25) is 5.02 Å². The molecular formula is C22H23ClN4O3. The maximum Gasteiger partial charge on any atom is 0.287 e. The first-order valence-electron chi connectivity index (χ1n) is 9.27. The molecule has 30 heavy (non-hydrogen) atoms. The van der Waals surface area contributed by atoms with Crippen molar-refractivity contribution in [2.24, 2.45) is 12.1 Å². The SMILES string of the molecule is COc1cc(/C=N\Nc2cnn(C)c(=O)c2Cl)ccc1OCc1cc(C)ccc1C. The number of aryl methyl sites for hydroxylation is 3. The number of anilines is 1. The average molecular weight is 427 g/mol. The van der Waals surface area contributed by atoms with E-state index >= 15 is 0 Å². The molecule has 0 saturated carbocycles. The molecule has 0 aliphatic carbocycles. The third kappa shape index (κ3) is 4.99. The van der Waals surface area contributed by atoms with Gasteiger partial charge in [-0.3, -0.25) is 10.2 Å². The predicted octanol–water partition coefficient (Wildman–Crippen LogP) is 4.08. The van der Waals surface area contributed by atoms with Crippen LogP contribution in [0.3, 0.4) is 0 Å². The molecule has 3 aromatic rings. The Balaban J connectivity index is 1.71. The van der Waals surface area contributed by atoms with Crippen molar-refractivity contribution in [2.75, 3.05) is 12.5 Å². The predicted molar refractivity (Wildman–Crippen MR) is 119 cm³/mol. The van der Waals surface area contributed by atoms with E-state index in [0.717, 1.165) is 15.8 Å². The molecule has 0 radical (unpaired) electrons. The van der Waals surface area contributed by atoms with E-state index in [0.29, 0.717) is 23.8 Å². The molecule has 1 aromatic heterocycles. The van der Waals surface area contributed by atoms with Crippen molar-refractivity contribution < 1.29 is 9.47 Å². The van der Waals surface area contributed by atoms with Crippen LogP contribution in [0.15, 0.2) is 52.5 Å². The highest BCUT2D eigenvalue weighted by molar-refractivity contribution is 6.32. The summed E-state index contributed by atoms with van der Waals surface area (Å²) in [5.74, 6) is 1.24. The molecule has 1 heterocycles. The highest BCUT2D eigenvalue weighted by Gasteiger charge is 2.08. The van der Waals surface area contributed by atoms with Gasteiger partial charge in [-0.15, -0.1) is 0 Å². The molecular weight excluding hydrogens is 404 g/mol. The number of rotatable bonds is 7. The number of hydrogen-bond donors (Lipinski definition) is 1. The van der Waals surface area contributed by atoms with E-state index in [9.17, 15) is 4.79 Å². The highest BCUT2D eigenvalue weighted by Crippen LogP contribution is 2.29. The molecule has 1 N–H and O–H groups in total. The summed E-state index contributed by atoms with van der Waals surface area (Å²) >= 11 is 6.01. The van der Waals surface area contributed by atoms with Crippen molar-refractivity contribution in [3.63, 3.8) is 0 Å². The van der Waals surface area contributed by atoms with Crippen molar-refractivity contribution in [1.29, 1.82) is 0 Å². The minimum absolute atomic E-state index is 0.0254. The Morgan fingerprint density at radius 1 is 1.20 bits per heavy atom. The summed E-state index contributed by atoms with van der Waals surface area (Å²) in [5.41, 5.74) is 6.95. The topological polar surface area (TPSA) is 77.7 Å². The monoisotopic (exact) mass is 426 g/mol. The summed E-state index contributed by atoms with van der Waals surface area (Å²) in [6.45, 7) is 4.57. The van der Waals surface area contributed by atoms with E-state index in [-0.39, 0.29) is 5.02 Å². The van der Waals surface area contributed by atoms with Crippen molar-refractivity contribution in [2.45, 2.75) is 20.5 Å². The minimum atomic E-state index is -0.399. The molecule has 0 aliphatic rings. The number of benzene rings is 2. The fourth-order valence-electron chi connectivity index (χ4n) is 2.76. The van der Waals surface area contributed by atoms with E-state index in [1.165, 1.54) is 24.4 Å². The van der Waals surface area contributed by atoms with Crippen LogP contribution in [0.25, 0.3) is 0 Å². The van der Waals surface area contributed by atoms with Gasteiger partial charge in [0.1, 0.15) is 17.3 Å². The molecule has 7 nitrogen and oxygen atoms in total. The first-order chi connectivity index (χ1) is 14.4. The molecule has 0 unspecified atom stereocenters. The minimum Gasteiger partial charge on any atom is -0.493 e. The molecule has 2 aromatic carbocycles. The number of aromatic nitrogens is 2. The Kier molecular flexibility index (Phi) is 6.74. The lowest BCUT2D eigenvalue weighted by Crippen LogP contribution is -2.20. The first-order valence-corrected chi connectivity index (χ1v) is 9.64. The van der Waals surface area contributed by atoms with Crippen LogP contribution >= 0.6 is 11.6 Å². The fraction of sp³-hybridized carbons (Fsp3) is 0.227. The van der Waals surface area contributed by atoms with Gasteiger partial charge in [0, 0.05) is 7.05 Å². The van der Waals surface area contributed by atoms with Crippen LogP contribution in [-0.2, 0) is 13.7 Å². The summed E-state index contributed by atoms with van der Waals surface area (Å²) < 4.78 is 12.6. The van der Waals surface area contributed by atoms with Crippen LogP contribution in [0.5, 0.6) is 11.5 Å². The van der Waals surface area contributed by atoms with Gasteiger partial charge in [0.15, 0.2) is 11.5 Å². The second kappa shape index (κ2) is 9.45. The van der Waals surface area contributed by atoms with Crippen LogP contribution in [0, 0.1) is 13.8 Å². The third-order valence-electron chi connectivity index (χ3n) is 4.55. The van der Waals surface area contributed by atoms with Gasteiger partial charge in [-0.1, -0.05) is 35.4 Å². The van der Waals surface area contributed by atoms with Crippen molar-refractivity contribution in [3.8, 4) is 11.5 Å². The molecule has 0 atom stereocenters. The molecule has 0 fully saturated rings. The Labute approximate surface area is 179 Å². The number of ether oxygens (including phenoxy) is 2. The molecule has 0 bridgehead atoms. The number of nitrogens with zero attached hydrogens (tertiary/aromatic N) is 3. The van der Waals surface area contributed by atoms with Crippen LogP contribution in [0.1, 0.15) is 22.3 Å². The zero-order valence-electron chi connectivity index (χ0n) is 17.3. The van der Waals surface area contributed by atoms with Crippen LogP contribution in [-0.4, -0.2) is 23.1 Å². The van der Waals surface area contributed by atoms with E-state index in [1.54, 1.807) is 13.3 Å². The Morgan fingerprint density at radius 3 is 2.77 bits per heavy atom. The average Bonchev–Trinajstić information content (AvgIpc) is 2.74. The maximum atomic E-state index is 11.8. The summed E-state index contributed by atoms with van der Waals surface area (Å²) in [4.78, 5) is 11.8. The molecule has 3 rings (SSSR count). The number of hydrogen-bond acceptors (Lipinski definition) is 6. The van der Waals surface area contributed by atoms with Crippen LogP contribution in [0.4, 0.5) is 5.69 Å². The summed E-state index contributed by atoms with van der Waals surface area (Å²) in [7, 11) is 3.11. The lowest BCUT2D eigenvalue weighted by atomic mass is 10.1. The molecule has 0 saturated heterocycles. The molecule has 156 valence electrons. The Bertz CT molecular complexity index is 1140. The Hall–Kier alpha value is -3.32. The molecule has 0 aliphatic heterocycles. The van der Waals surface area contributed by atoms with Gasteiger partial charge in [0.25, 0.3) is 5.56 Å². The van der Waals surface area contributed by atoms with E-state index in [1.807, 2.05) is 18.2 Å². The highest BCUT2D eigenvalue weighted by atomic mass is 35.5. The van der Waals surface area contributed by atoms with Crippen LogP contribution < -0.4 is 20.5 Å². The van der Waals surface area contributed by atoms with Crippen molar-refractivity contribution in [1.82, 2.24) is 9.78 Å². The maximum absolute atomic E-state index is 11.8. The number of nitrogens with one attached hydrogen (secondary N) is 1. The lowest BCUT2D eigenvalue weighted by molar-refractivity contribution is 0.284. The quantitative estimate of drug-likeness (QED) is 0.455. The van der Waals surface area contributed by atoms with E-state index < -0.39 is 5.56 Å². The normalized spacial score (nSPS) is 11.0. The van der Waals surface area contributed by atoms with Gasteiger partial charge in [0.05, 0.1) is 19.5 Å². The van der Waals surface area contributed by atoms with Gasteiger partial charge in [-0.2, -0.15) is 10.2 Å². The van der Waals surface area contributed by atoms with Crippen molar-refractivity contribution in [3.05, 3.63) is 80.2 Å².